The third-order valence-electron chi connectivity index (χ3n) is 4.44. The van der Waals surface area contributed by atoms with Crippen molar-refractivity contribution in [2.24, 2.45) is 0 Å². The van der Waals surface area contributed by atoms with Gasteiger partial charge in [0.1, 0.15) is 6.10 Å². The van der Waals surface area contributed by atoms with Gasteiger partial charge in [-0.15, -0.1) is 0 Å². The van der Waals surface area contributed by atoms with Crippen molar-refractivity contribution >= 4 is 21.8 Å². The summed E-state index contributed by atoms with van der Waals surface area (Å²) < 4.78 is 7.69. The van der Waals surface area contributed by atoms with E-state index in [1.807, 2.05) is 0 Å². The molecule has 2 heterocycles. The van der Waals surface area contributed by atoms with Gasteiger partial charge < -0.3 is 9.30 Å². The highest BCUT2D eigenvalue weighted by molar-refractivity contribution is 6.09. The second-order valence-electron chi connectivity index (χ2n) is 5.78. The summed E-state index contributed by atoms with van der Waals surface area (Å²) in [6.07, 6.45) is 0.312. The Hall–Kier alpha value is -2.58. The number of fused-ring (bicyclic) bond motifs is 3. The molecule has 0 radical (unpaired) electrons. The highest BCUT2D eigenvalue weighted by Gasteiger charge is 2.24. The molecule has 0 bridgehead atoms. The second-order valence-corrected chi connectivity index (χ2v) is 5.78. The van der Waals surface area contributed by atoms with Crippen LogP contribution in [0.4, 0.5) is 0 Å². The molecule has 22 heavy (non-hydrogen) atoms. The van der Waals surface area contributed by atoms with Gasteiger partial charge in [-0.2, -0.15) is 0 Å². The maximum Gasteiger partial charge on any atom is 0.106 e. The molecule has 0 N–H and O–H groups in total. The number of nitrogens with zero attached hydrogens (tertiary/aromatic N) is 1. The number of ether oxygens (including phenoxy) is 1. The topological polar surface area (TPSA) is 17.5 Å². The van der Waals surface area contributed by atoms with Gasteiger partial charge in [0.15, 0.2) is 0 Å². The number of aromatic nitrogens is 1. The van der Waals surface area contributed by atoms with Crippen molar-refractivity contribution < 1.29 is 4.74 Å². The zero-order valence-electron chi connectivity index (χ0n) is 12.1. The van der Waals surface area contributed by atoms with Crippen molar-refractivity contribution in [1.29, 1.82) is 0 Å². The van der Waals surface area contributed by atoms with Crippen molar-refractivity contribution in [2.75, 3.05) is 6.61 Å². The van der Waals surface area contributed by atoms with E-state index in [1.54, 1.807) is 0 Å². The molecular formula is C20H15NO. The van der Waals surface area contributed by atoms with E-state index in [0.717, 1.165) is 6.61 Å². The Labute approximate surface area is 128 Å². The Morgan fingerprint density at radius 1 is 0.727 bits per heavy atom. The standard InChI is InChI=1S/C20H15NO/c1-3-7-18-16(5-1)17-6-2-4-8-19(17)21(18)15-11-9-14(10-12-15)20-13-22-20/h1-12,20H,13H2. The largest absolute Gasteiger partial charge is 0.368 e. The van der Waals surface area contributed by atoms with Crippen molar-refractivity contribution in [2.45, 2.75) is 6.10 Å². The van der Waals surface area contributed by atoms with E-state index >= 15 is 0 Å². The fourth-order valence-electron chi connectivity index (χ4n) is 3.28. The fraction of sp³-hybridized carbons (Fsp3) is 0.100. The lowest BCUT2D eigenvalue weighted by Gasteiger charge is -2.08. The van der Waals surface area contributed by atoms with Gasteiger partial charge in [0, 0.05) is 16.5 Å². The summed E-state index contributed by atoms with van der Waals surface area (Å²) in [6.45, 7) is 0.856. The molecule has 1 aliphatic rings. The molecule has 2 heteroatoms. The first-order chi connectivity index (χ1) is 10.9. The van der Waals surface area contributed by atoms with Gasteiger partial charge >= 0.3 is 0 Å². The smallest absolute Gasteiger partial charge is 0.106 e. The molecule has 1 aliphatic heterocycles. The van der Waals surface area contributed by atoms with E-state index in [0.29, 0.717) is 6.10 Å². The number of epoxide rings is 1. The van der Waals surface area contributed by atoms with Crippen molar-refractivity contribution in [3.63, 3.8) is 0 Å². The summed E-state index contributed by atoms with van der Waals surface area (Å²) in [5, 5.41) is 2.60. The van der Waals surface area contributed by atoms with E-state index in [4.69, 9.17) is 4.74 Å². The third-order valence-corrected chi connectivity index (χ3v) is 4.44. The molecule has 0 amide bonds. The van der Waals surface area contributed by atoms with Gasteiger partial charge in [-0.05, 0) is 29.8 Å². The molecule has 2 nitrogen and oxygen atoms in total. The highest BCUT2D eigenvalue weighted by atomic mass is 16.6. The molecule has 0 spiro atoms. The molecule has 4 aromatic rings. The number of benzene rings is 3. The van der Waals surface area contributed by atoms with Crippen LogP contribution in [-0.2, 0) is 4.74 Å². The summed E-state index contributed by atoms with van der Waals surface area (Å²) in [4.78, 5) is 0. The first kappa shape index (κ1) is 12.0. The monoisotopic (exact) mass is 285 g/mol. The average Bonchev–Trinajstić information content (AvgIpc) is 3.37. The number of hydrogen-bond donors (Lipinski definition) is 0. The van der Waals surface area contributed by atoms with Gasteiger partial charge in [0.2, 0.25) is 0 Å². The van der Waals surface area contributed by atoms with Crippen LogP contribution in [0.15, 0.2) is 72.8 Å². The van der Waals surface area contributed by atoms with Crippen LogP contribution in [0.25, 0.3) is 27.5 Å². The normalized spacial score (nSPS) is 17.2. The Kier molecular flexibility index (Phi) is 2.43. The van der Waals surface area contributed by atoms with Crippen LogP contribution in [-0.4, -0.2) is 11.2 Å². The first-order valence-electron chi connectivity index (χ1n) is 7.62. The molecule has 0 aliphatic carbocycles. The minimum atomic E-state index is 0.312. The van der Waals surface area contributed by atoms with Gasteiger partial charge in [0.25, 0.3) is 0 Å². The average molecular weight is 285 g/mol. The SMILES string of the molecule is c1ccc2c(c1)c1ccccc1n2-c1ccc(C2CO2)cc1. The lowest BCUT2D eigenvalue weighted by Crippen LogP contribution is -1.94. The zero-order valence-corrected chi connectivity index (χ0v) is 12.1. The van der Waals surface area contributed by atoms with E-state index in [2.05, 4.69) is 77.4 Å². The van der Waals surface area contributed by atoms with Crippen LogP contribution in [0.5, 0.6) is 0 Å². The summed E-state index contributed by atoms with van der Waals surface area (Å²) in [6, 6.07) is 25.9. The highest BCUT2D eigenvalue weighted by Crippen LogP contribution is 2.33. The summed E-state index contributed by atoms with van der Waals surface area (Å²) in [7, 11) is 0. The molecule has 1 fully saturated rings. The van der Waals surface area contributed by atoms with Crippen LogP contribution < -0.4 is 0 Å². The van der Waals surface area contributed by atoms with Crippen LogP contribution in [0, 0.1) is 0 Å². The lowest BCUT2D eigenvalue weighted by atomic mass is 10.1. The van der Waals surface area contributed by atoms with E-state index < -0.39 is 0 Å². The van der Waals surface area contributed by atoms with Crippen LogP contribution in [0.1, 0.15) is 11.7 Å². The lowest BCUT2D eigenvalue weighted by molar-refractivity contribution is 0.415. The molecule has 3 aromatic carbocycles. The van der Waals surface area contributed by atoms with Gasteiger partial charge in [-0.25, -0.2) is 0 Å². The summed E-state index contributed by atoms with van der Waals surface area (Å²) in [5.41, 5.74) is 4.96. The van der Waals surface area contributed by atoms with E-state index in [1.165, 1.54) is 33.1 Å². The van der Waals surface area contributed by atoms with E-state index in [9.17, 15) is 0 Å². The molecule has 1 atom stereocenters. The second kappa shape index (κ2) is 4.46. The Balaban J connectivity index is 1.81. The molecular weight excluding hydrogens is 270 g/mol. The Morgan fingerprint density at radius 2 is 1.27 bits per heavy atom. The predicted octanol–water partition coefficient (Wildman–Crippen LogP) is 4.86. The maximum atomic E-state index is 5.36. The van der Waals surface area contributed by atoms with Crippen molar-refractivity contribution in [1.82, 2.24) is 4.57 Å². The molecule has 106 valence electrons. The first-order valence-corrected chi connectivity index (χ1v) is 7.62. The quantitative estimate of drug-likeness (QED) is 0.481. The van der Waals surface area contributed by atoms with Gasteiger partial charge in [-0.3, -0.25) is 0 Å². The van der Waals surface area contributed by atoms with Crippen LogP contribution in [0.3, 0.4) is 0 Å². The van der Waals surface area contributed by atoms with Crippen LogP contribution in [0.2, 0.25) is 0 Å². The van der Waals surface area contributed by atoms with E-state index in [-0.39, 0.29) is 0 Å². The Bertz CT molecular complexity index is 924. The van der Waals surface area contributed by atoms with Crippen molar-refractivity contribution in [3.05, 3.63) is 78.4 Å². The minimum absolute atomic E-state index is 0.312. The predicted molar refractivity (Wildman–Crippen MR) is 89.5 cm³/mol. The van der Waals surface area contributed by atoms with Crippen LogP contribution >= 0.6 is 0 Å². The van der Waals surface area contributed by atoms with Gasteiger partial charge in [-0.1, -0.05) is 48.5 Å². The fourth-order valence-corrected chi connectivity index (χ4v) is 3.28. The summed E-state index contributed by atoms with van der Waals surface area (Å²) >= 11 is 0. The minimum Gasteiger partial charge on any atom is -0.368 e. The van der Waals surface area contributed by atoms with Gasteiger partial charge in [0.05, 0.1) is 17.6 Å². The molecule has 1 unspecified atom stereocenters. The maximum absolute atomic E-state index is 5.36. The molecule has 1 saturated heterocycles. The Morgan fingerprint density at radius 3 is 1.82 bits per heavy atom. The third kappa shape index (κ3) is 1.71. The molecule has 0 saturated carbocycles. The zero-order chi connectivity index (χ0) is 14.5. The number of rotatable bonds is 2. The van der Waals surface area contributed by atoms with Crippen molar-refractivity contribution in [3.8, 4) is 5.69 Å². The number of para-hydroxylation sites is 2. The summed E-state index contributed by atoms with van der Waals surface area (Å²) in [5.74, 6) is 0. The number of hydrogen-bond acceptors (Lipinski definition) is 1. The molecule has 1 aromatic heterocycles. The molecule has 5 rings (SSSR count).